The van der Waals surface area contributed by atoms with Gasteiger partial charge in [0.25, 0.3) is 12.3 Å². The number of methoxy groups -OCH3 is 1. The Bertz CT molecular complexity index is 1750. The molecular weight excluding hydrogens is 619 g/mol. The number of rotatable bonds is 5. The molecule has 2 fully saturated rings. The molecule has 2 aromatic heterocycles. The first kappa shape index (κ1) is 34.4. The Morgan fingerprint density at radius 1 is 1.02 bits per heavy atom. The predicted molar refractivity (Wildman–Crippen MR) is 174 cm³/mol. The molecule has 4 aromatic rings. The molecule has 0 aliphatic carbocycles. The zero-order valence-electron chi connectivity index (χ0n) is 25.9. The van der Waals surface area contributed by atoms with Crippen LogP contribution in [0.25, 0.3) is 32.9 Å². The van der Waals surface area contributed by atoms with E-state index in [1.807, 2.05) is 12.1 Å². The Morgan fingerprint density at radius 3 is 2.20 bits per heavy atom. The number of benzene rings is 2. The Hall–Kier alpha value is -4.47. The van der Waals surface area contributed by atoms with E-state index in [1.165, 1.54) is 51.1 Å². The fourth-order valence-electron chi connectivity index (χ4n) is 5.49. The van der Waals surface area contributed by atoms with Crippen molar-refractivity contribution in [1.29, 1.82) is 5.26 Å². The molecule has 0 bridgehead atoms. The molecule has 2 aliphatic rings. The quantitative estimate of drug-likeness (QED) is 0.217. The van der Waals surface area contributed by atoms with Gasteiger partial charge in [-0.2, -0.15) is 15.2 Å². The van der Waals surface area contributed by atoms with Crippen molar-refractivity contribution in [3.63, 3.8) is 0 Å². The van der Waals surface area contributed by atoms with Crippen molar-refractivity contribution in [1.82, 2.24) is 24.8 Å². The van der Waals surface area contributed by atoms with Crippen LogP contribution in [-0.4, -0.2) is 84.1 Å². The number of ether oxygens (including phenoxy) is 1. The topological polar surface area (TPSA) is 98.5 Å². The lowest BCUT2D eigenvalue weighted by Gasteiger charge is -2.35. The molecule has 0 spiro atoms. The first-order valence-corrected chi connectivity index (χ1v) is 15.1. The number of likely N-dealkylation sites (tertiary alicyclic amines) is 1. The molecular formula is C33H35ClF3N7O2. The molecule has 2 aromatic carbocycles. The Balaban J connectivity index is 0.000000466. The van der Waals surface area contributed by atoms with Crippen LogP contribution in [-0.2, 0) is 4.79 Å². The minimum Gasteiger partial charge on any atom is -0.467 e. The van der Waals surface area contributed by atoms with E-state index in [0.717, 1.165) is 5.39 Å². The third-order valence-corrected chi connectivity index (χ3v) is 8.00. The number of hydrogen-bond donors (Lipinski definition) is 0. The maximum atomic E-state index is 14.7. The number of aromatic nitrogens is 3. The molecule has 9 nitrogen and oxygen atoms in total. The van der Waals surface area contributed by atoms with Crippen molar-refractivity contribution in [2.45, 2.75) is 26.2 Å². The van der Waals surface area contributed by atoms with Crippen molar-refractivity contribution in [2.24, 2.45) is 0 Å². The van der Waals surface area contributed by atoms with E-state index in [-0.39, 0.29) is 60.2 Å². The lowest BCUT2D eigenvalue weighted by Crippen LogP contribution is -2.49. The molecule has 0 N–H and O–H groups in total. The first-order chi connectivity index (χ1) is 22.1. The molecule has 0 radical (unpaired) electrons. The van der Waals surface area contributed by atoms with E-state index in [4.69, 9.17) is 21.6 Å². The highest BCUT2D eigenvalue weighted by Crippen LogP contribution is 2.42. The molecule has 13 heteroatoms. The number of nitriles is 1. The van der Waals surface area contributed by atoms with E-state index in [9.17, 15) is 18.0 Å². The van der Waals surface area contributed by atoms with Gasteiger partial charge >= 0.3 is 6.01 Å². The van der Waals surface area contributed by atoms with Crippen LogP contribution in [0.2, 0.25) is 5.02 Å². The van der Waals surface area contributed by atoms with E-state index in [2.05, 4.69) is 33.5 Å². The van der Waals surface area contributed by atoms with Crippen LogP contribution < -0.4 is 9.64 Å². The van der Waals surface area contributed by atoms with Crippen LogP contribution in [0.4, 0.5) is 19.0 Å². The maximum Gasteiger partial charge on any atom is 0.318 e. The molecule has 1 amide bonds. The average molecular weight is 654 g/mol. The second-order valence-electron chi connectivity index (χ2n) is 10.7. The highest BCUT2D eigenvalue weighted by Gasteiger charge is 2.29. The predicted octanol–water partition coefficient (Wildman–Crippen LogP) is 6.82. The number of pyridine rings is 1. The summed E-state index contributed by atoms with van der Waals surface area (Å²) in [6.45, 7) is 8.08. The van der Waals surface area contributed by atoms with E-state index in [0.29, 0.717) is 16.0 Å². The van der Waals surface area contributed by atoms with Crippen LogP contribution in [0.3, 0.4) is 0 Å². The summed E-state index contributed by atoms with van der Waals surface area (Å²) in [6.07, 6.45) is 1.32. The van der Waals surface area contributed by atoms with Gasteiger partial charge < -0.3 is 19.4 Å². The van der Waals surface area contributed by atoms with E-state index < -0.39 is 18.2 Å². The smallest absolute Gasteiger partial charge is 0.318 e. The summed E-state index contributed by atoms with van der Waals surface area (Å²) in [5, 5.41) is 9.18. The van der Waals surface area contributed by atoms with Gasteiger partial charge in [0.2, 0.25) is 0 Å². The molecule has 0 saturated carbocycles. The van der Waals surface area contributed by atoms with Crippen LogP contribution in [0, 0.1) is 11.3 Å². The molecule has 0 atom stereocenters. The second-order valence-corrected chi connectivity index (χ2v) is 11.1. The monoisotopic (exact) mass is 653 g/mol. The normalized spacial score (nSPS) is 14.8. The average Bonchev–Trinajstić information content (AvgIpc) is 3.54. The van der Waals surface area contributed by atoms with Gasteiger partial charge in [-0.05, 0) is 50.0 Å². The number of hydrogen-bond acceptors (Lipinski definition) is 8. The van der Waals surface area contributed by atoms with Crippen molar-refractivity contribution in [3.8, 4) is 23.2 Å². The number of fused-ring (bicyclic) bond motifs is 2. The van der Waals surface area contributed by atoms with Gasteiger partial charge in [-0.15, -0.1) is 0 Å². The first-order valence-electron chi connectivity index (χ1n) is 14.7. The van der Waals surface area contributed by atoms with Gasteiger partial charge in [0.05, 0.1) is 18.7 Å². The number of carbonyl (C=O) groups is 1. The van der Waals surface area contributed by atoms with Gasteiger partial charge in [-0.3, -0.25) is 9.78 Å². The van der Waals surface area contributed by atoms with Crippen molar-refractivity contribution >= 4 is 45.1 Å². The number of anilines is 1. The Kier molecular flexibility index (Phi) is 11.7. The number of amides is 1. The second kappa shape index (κ2) is 15.7. The number of nitrogens with zero attached hydrogens (tertiary/aromatic N) is 7. The molecule has 0 unspecified atom stereocenters. The highest BCUT2D eigenvalue weighted by molar-refractivity contribution is 6.36. The van der Waals surface area contributed by atoms with Crippen LogP contribution in [0.15, 0.2) is 55.0 Å². The van der Waals surface area contributed by atoms with Gasteiger partial charge in [-0.25, -0.2) is 13.2 Å². The summed E-state index contributed by atoms with van der Waals surface area (Å²) in [7, 11) is 3.52. The Labute approximate surface area is 270 Å². The number of halogens is 4. The van der Waals surface area contributed by atoms with Crippen molar-refractivity contribution in [2.75, 3.05) is 58.3 Å². The summed E-state index contributed by atoms with van der Waals surface area (Å²) in [6, 6.07) is 12.3. The van der Waals surface area contributed by atoms with Crippen LogP contribution in [0.1, 0.15) is 31.8 Å². The molecule has 4 heterocycles. The molecule has 2 saturated heterocycles. The summed E-state index contributed by atoms with van der Waals surface area (Å²) in [5.74, 6) is -1.52. The fourth-order valence-corrected chi connectivity index (χ4v) is 5.77. The van der Waals surface area contributed by atoms with Crippen molar-refractivity contribution in [3.05, 3.63) is 65.6 Å². The number of piperazine rings is 1. The van der Waals surface area contributed by atoms with Crippen LogP contribution in [0.5, 0.6) is 6.01 Å². The van der Waals surface area contributed by atoms with E-state index >= 15 is 0 Å². The standard InChI is InChI=1S/C26H21ClF3N5O2.C5H11N.C2H3N/c1-14(28)25(36)35-11-9-34(10-12-35)24-22-21(32-26(33-24)37-2)20(23(29)30)17(13-31-22)16-7-3-5-15-6-4-8-18(27)19(15)16;1-6-4-2-3-5-6;1-2-3/h3-8,13,23H,1,9-12H2,2H3;2-5H2,1H3;1H3. The largest absolute Gasteiger partial charge is 0.467 e. The third-order valence-electron chi connectivity index (χ3n) is 7.69. The van der Waals surface area contributed by atoms with E-state index in [1.54, 1.807) is 35.2 Å². The zero-order valence-corrected chi connectivity index (χ0v) is 26.7. The maximum absolute atomic E-state index is 14.7. The molecule has 46 heavy (non-hydrogen) atoms. The molecule has 6 rings (SSSR count). The highest BCUT2D eigenvalue weighted by atomic mass is 35.5. The Morgan fingerprint density at radius 2 is 1.65 bits per heavy atom. The van der Waals surface area contributed by atoms with Gasteiger partial charge in [0, 0.05) is 55.3 Å². The van der Waals surface area contributed by atoms with Gasteiger partial charge in [0.15, 0.2) is 11.6 Å². The summed E-state index contributed by atoms with van der Waals surface area (Å²) >= 11 is 6.47. The van der Waals surface area contributed by atoms with Crippen LogP contribution >= 0.6 is 11.6 Å². The third kappa shape index (κ3) is 7.66. The summed E-state index contributed by atoms with van der Waals surface area (Å²) < 4.78 is 48.0. The SMILES string of the molecule is C=C(F)C(=O)N1CCN(c2nc(OC)nc3c(C(F)F)c(-c4cccc5cccc(Cl)c45)cnc23)CC1.CC#N.CN1CCCC1. The van der Waals surface area contributed by atoms with Gasteiger partial charge in [-0.1, -0.05) is 48.5 Å². The molecule has 242 valence electrons. The van der Waals surface area contributed by atoms with Crippen molar-refractivity contribution < 1.29 is 22.7 Å². The lowest BCUT2D eigenvalue weighted by molar-refractivity contribution is -0.128. The van der Waals surface area contributed by atoms with Gasteiger partial charge in [0.1, 0.15) is 11.0 Å². The number of alkyl halides is 2. The number of carbonyl (C=O) groups excluding carboxylic acids is 1. The zero-order chi connectivity index (χ0) is 33.4. The summed E-state index contributed by atoms with van der Waals surface area (Å²) in [4.78, 5) is 30.6. The minimum atomic E-state index is -2.89. The lowest BCUT2D eigenvalue weighted by atomic mass is 9.95. The fraction of sp³-hybridized carbons (Fsp3) is 0.364. The molecule has 2 aliphatic heterocycles. The minimum absolute atomic E-state index is 0.0472. The summed E-state index contributed by atoms with van der Waals surface area (Å²) in [5.41, 5.74) is 0.507.